The average Bonchev–Trinajstić information content (AvgIpc) is 3.04. The van der Waals surface area contributed by atoms with Gasteiger partial charge in [0.2, 0.25) is 5.91 Å². The largest absolute Gasteiger partial charge is 0.506 e. The van der Waals surface area contributed by atoms with Crippen LogP contribution < -0.4 is 16.0 Å². The number of nitrogens with zero attached hydrogens (tertiary/aromatic N) is 2. The molecular formula is C26H39N5O3. The van der Waals surface area contributed by atoms with Crippen LogP contribution in [0, 0.1) is 6.92 Å². The van der Waals surface area contributed by atoms with E-state index in [4.69, 9.17) is 0 Å². The predicted molar refractivity (Wildman–Crippen MR) is 135 cm³/mol. The van der Waals surface area contributed by atoms with Crippen LogP contribution in [0.15, 0.2) is 36.2 Å². The minimum Gasteiger partial charge on any atom is -0.506 e. The summed E-state index contributed by atoms with van der Waals surface area (Å²) in [4.78, 5) is 28.5. The highest BCUT2D eigenvalue weighted by molar-refractivity contribution is 5.95. The second-order valence-electron chi connectivity index (χ2n) is 10.6. The summed E-state index contributed by atoms with van der Waals surface area (Å²) in [7, 11) is 0. The average molecular weight is 470 g/mol. The monoisotopic (exact) mass is 469 g/mol. The van der Waals surface area contributed by atoms with Crippen LogP contribution in [0.4, 0.5) is 5.69 Å². The summed E-state index contributed by atoms with van der Waals surface area (Å²) < 4.78 is 0. The van der Waals surface area contributed by atoms with Gasteiger partial charge in [0.25, 0.3) is 5.91 Å². The predicted octanol–water partition coefficient (Wildman–Crippen LogP) is 2.79. The van der Waals surface area contributed by atoms with Crippen LogP contribution in [0.1, 0.15) is 52.7 Å². The van der Waals surface area contributed by atoms with Gasteiger partial charge in [0.05, 0.1) is 18.3 Å². The second kappa shape index (κ2) is 9.60. The first kappa shape index (κ1) is 25.5. The molecule has 8 heteroatoms. The first-order valence-electron chi connectivity index (χ1n) is 11.9. The van der Waals surface area contributed by atoms with Crippen molar-refractivity contribution in [1.82, 2.24) is 20.4 Å². The van der Waals surface area contributed by atoms with Crippen LogP contribution in [-0.4, -0.2) is 64.6 Å². The fourth-order valence-corrected chi connectivity index (χ4v) is 4.77. The zero-order valence-corrected chi connectivity index (χ0v) is 21.5. The number of hydrogen-bond donors (Lipinski definition) is 4. The lowest BCUT2D eigenvalue weighted by Crippen LogP contribution is -2.61. The highest BCUT2D eigenvalue weighted by Crippen LogP contribution is 2.34. The Morgan fingerprint density at radius 3 is 2.47 bits per heavy atom. The van der Waals surface area contributed by atoms with Gasteiger partial charge in [-0.25, -0.2) is 0 Å². The zero-order valence-electron chi connectivity index (χ0n) is 21.5. The van der Waals surface area contributed by atoms with Crippen LogP contribution in [0.25, 0.3) is 0 Å². The molecule has 1 saturated heterocycles. The number of rotatable bonds is 7. The number of anilines is 1. The fraction of sp³-hybridized carbons (Fsp3) is 0.538. The van der Waals surface area contributed by atoms with E-state index in [0.29, 0.717) is 31.0 Å². The number of hydrogen-bond acceptors (Lipinski definition) is 6. The number of aryl methyl sites for hydroxylation is 1. The number of carbonyl (C=O) groups excluding carboxylic acids is 2. The molecule has 0 saturated carbocycles. The summed E-state index contributed by atoms with van der Waals surface area (Å²) in [6, 6.07) is 3.82. The van der Waals surface area contributed by atoms with Crippen molar-refractivity contribution < 1.29 is 14.7 Å². The standard InChI is InChI=1S/C26H39N5O3/c1-9-23(33)30-13-18(14-30)29-25(34)24-17(5)28-22(31(24)15(2)3)12-27-20-11-19(26(6,7)8)16(4)10-21(20)32/h9-11,15,18,22,27-28,32H,1,12-14H2,2-8H3,(H,29,34). The Morgan fingerprint density at radius 2 is 1.91 bits per heavy atom. The third-order valence-corrected chi connectivity index (χ3v) is 6.44. The van der Waals surface area contributed by atoms with Crippen LogP contribution in [0.5, 0.6) is 5.75 Å². The van der Waals surface area contributed by atoms with Crippen molar-refractivity contribution in [3.8, 4) is 5.75 Å². The lowest BCUT2D eigenvalue weighted by molar-refractivity contribution is -0.133. The number of phenolic OH excluding ortho intramolecular Hbond substituents is 1. The highest BCUT2D eigenvalue weighted by Gasteiger charge is 2.38. The van der Waals surface area contributed by atoms with Crippen LogP contribution in [0.3, 0.4) is 0 Å². The summed E-state index contributed by atoms with van der Waals surface area (Å²) >= 11 is 0. The molecule has 1 fully saturated rings. The third kappa shape index (κ3) is 5.16. The summed E-state index contributed by atoms with van der Waals surface area (Å²) in [5.74, 6) is -0.0525. The van der Waals surface area contributed by atoms with Gasteiger partial charge < -0.3 is 30.9 Å². The van der Waals surface area contributed by atoms with Gasteiger partial charge >= 0.3 is 0 Å². The van der Waals surface area contributed by atoms with Gasteiger partial charge in [-0.15, -0.1) is 0 Å². The molecule has 2 heterocycles. The molecule has 2 aliphatic heterocycles. The summed E-state index contributed by atoms with van der Waals surface area (Å²) in [5, 5.41) is 20.4. The van der Waals surface area contributed by atoms with Crippen molar-refractivity contribution in [3.63, 3.8) is 0 Å². The van der Waals surface area contributed by atoms with Gasteiger partial charge in [0.15, 0.2) is 0 Å². The molecule has 0 aromatic heterocycles. The normalized spacial score (nSPS) is 18.6. The minimum atomic E-state index is -0.153. The first-order chi connectivity index (χ1) is 15.8. The fourth-order valence-electron chi connectivity index (χ4n) is 4.77. The molecule has 0 bridgehead atoms. The van der Waals surface area contributed by atoms with E-state index in [2.05, 4.69) is 62.0 Å². The summed E-state index contributed by atoms with van der Waals surface area (Å²) in [5.41, 5.74) is 4.28. The highest BCUT2D eigenvalue weighted by atomic mass is 16.3. The molecule has 8 nitrogen and oxygen atoms in total. The van der Waals surface area contributed by atoms with Crippen molar-refractivity contribution in [1.29, 1.82) is 0 Å². The molecule has 1 aromatic carbocycles. The van der Waals surface area contributed by atoms with E-state index < -0.39 is 0 Å². The lowest BCUT2D eigenvalue weighted by atomic mass is 9.83. The van der Waals surface area contributed by atoms with E-state index in [1.165, 1.54) is 11.6 Å². The van der Waals surface area contributed by atoms with Crippen molar-refractivity contribution >= 4 is 17.5 Å². The Labute approximate surface area is 203 Å². The van der Waals surface area contributed by atoms with Gasteiger partial charge in [0.1, 0.15) is 17.6 Å². The van der Waals surface area contributed by atoms with E-state index in [-0.39, 0.29) is 41.2 Å². The van der Waals surface area contributed by atoms with Crippen LogP contribution in [-0.2, 0) is 15.0 Å². The Hall–Kier alpha value is -3.16. The molecule has 0 radical (unpaired) electrons. The topological polar surface area (TPSA) is 96.9 Å². The number of allylic oxidation sites excluding steroid dienone is 1. The van der Waals surface area contributed by atoms with E-state index in [1.807, 2.05) is 19.9 Å². The van der Waals surface area contributed by atoms with Crippen molar-refractivity contribution in [2.45, 2.75) is 72.1 Å². The zero-order chi connectivity index (χ0) is 25.4. The van der Waals surface area contributed by atoms with Crippen molar-refractivity contribution in [2.24, 2.45) is 0 Å². The molecule has 2 aliphatic rings. The number of carbonyl (C=O) groups is 2. The SMILES string of the molecule is C=CC(=O)N1CC(NC(=O)C2=C(C)NC(CNc3cc(C(C)(C)C)c(C)cc3O)N2C(C)C)C1. The van der Waals surface area contributed by atoms with E-state index in [9.17, 15) is 14.7 Å². The van der Waals surface area contributed by atoms with Gasteiger partial charge in [0, 0.05) is 24.8 Å². The lowest BCUT2D eigenvalue weighted by Gasteiger charge is -2.40. The minimum absolute atomic E-state index is 0.0411. The number of nitrogens with one attached hydrogen (secondary N) is 3. The Morgan fingerprint density at radius 1 is 1.26 bits per heavy atom. The maximum absolute atomic E-state index is 13.2. The van der Waals surface area contributed by atoms with E-state index in [1.54, 1.807) is 11.0 Å². The Balaban J connectivity index is 1.69. The third-order valence-electron chi connectivity index (χ3n) is 6.44. The van der Waals surface area contributed by atoms with Gasteiger partial charge in [-0.1, -0.05) is 27.4 Å². The Kier molecular flexibility index (Phi) is 7.19. The van der Waals surface area contributed by atoms with Crippen molar-refractivity contribution in [3.05, 3.63) is 47.3 Å². The number of amides is 2. The van der Waals surface area contributed by atoms with E-state index in [0.717, 1.165) is 11.3 Å². The van der Waals surface area contributed by atoms with E-state index >= 15 is 0 Å². The smallest absolute Gasteiger partial charge is 0.269 e. The molecule has 0 spiro atoms. The van der Waals surface area contributed by atoms with Gasteiger partial charge in [-0.05, 0) is 62.4 Å². The molecule has 3 rings (SSSR count). The molecule has 1 aromatic rings. The summed E-state index contributed by atoms with van der Waals surface area (Å²) in [6.07, 6.45) is 1.14. The molecule has 1 unspecified atom stereocenters. The number of benzene rings is 1. The van der Waals surface area contributed by atoms with Crippen LogP contribution >= 0.6 is 0 Å². The number of phenols is 1. The molecule has 34 heavy (non-hydrogen) atoms. The summed E-state index contributed by atoms with van der Waals surface area (Å²) in [6.45, 7) is 19.5. The van der Waals surface area contributed by atoms with Gasteiger partial charge in [-0.2, -0.15) is 0 Å². The second-order valence-corrected chi connectivity index (χ2v) is 10.6. The van der Waals surface area contributed by atoms with Gasteiger partial charge in [-0.3, -0.25) is 9.59 Å². The van der Waals surface area contributed by atoms with Crippen LogP contribution in [0.2, 0.25) is 0 Å². The molecular weight excluding hydrogens is 430 g/mol. The maximum Gasteiger partial charge on any atom is 0.269 e. The molecule has 186 valence electrons. The maximum atomic E-state index is 13.2. The first-order valence-corrected chi connectivity index (χ1v) is 11.9. The molecule has 1 atom stereocenters. The number of aromatic hydroxyl groups is 1. The Bertz CT molecular complexity index is 1000. The molecule has 4 N–H and O–H groups in total. The quantitative estimate of drug-likeness (QED) is 0.362. The van der Waals surface area contributed by atoms with Crippen molar-refractivity contribution in [2.75, 3.05) is 25.0 Å². The molecule has 2 amide bonds. The molecule has 0 aliphatic carbocycles. The number of likely N-dealkylation sites (tertiary alicyclic amines) is 1.